The number of rotatable bonds is 12. The molecule has 23 heavy (non-hydrogen) atoms. The van der Waals surface area contributed by atoms with Gasteiger partial charge in [-0.3, -0.25) is 0 Å². The molecule has 0 aromatic heterocycles. The molecule has 0 N–H and O–H groups in total. The Balaban J connectivity index is 5.27. The average molecular weight is 431 g/mol. The summed E-state index contributed by atoms with van der Waals surface area (Å²) in [5, 5.41) is 0. The Morgan fingerprint density at radius 2 is 1.22 bits per heavy atom. The molecule has 0 aliphatic rings. The number of unbranched alkanes of at least 4 members (excludes halogenated alkanes) is 2. The topological polar surface area (TPSA) is 86.7 Å². The third-order valence-corrected chi connectivity index (χ3v) is 12.7. The van der Waals surface area contributed by atoms with E-state index in [0.29, 0.717) is 21.4 Å². The molecule has 0 aromatic rings. The predicted octanol–water partition coefficient (Wildman–Crippen LogP) is 2.63. The van der Waals surface area contributed by atoms with Crippen molar-refractivity contribution in [3.63, 3.8) is 0 Å². The van der Waals surface area contributed by atoms with Crippen LogP contribution in [0.2, 0.25) is 8.87 Å². The van der Waals surface area contributed by atoms with E-state index in [-0.39, 0.29) is 0 Å². The molecule has 0 saturated heterocycles. The van der Waals surface area contributed by atoms with Crippen molar-refractivity contribution in [1.29, 1.82) is 0 Å². The molecule has 6 nitrogen and oxygen atoms in total. The van der Waals surface area contributed by atoms with Gasteiger partial charge in [-0.15, -0.1) is 0 Å². The zero-order valence-electron chi connectivity index (χ0n) is 13.7. The standard InChI is InChI=1S/2C4H4O3.2C4H9.Sn/c2*5-3-1-2-4(6)7;2*1-3-4-2;/h2*1-3H,(H,6,7);2*1,3-4H2,2H3;/q;;;;+2/p-2/b2*2-1-;;;. The Labute approximate surface area is 141 Å². The molecule has 0 aliphatic carbocycles. The first-order chi connectivity index (χ1) is 11.0. The zero-order valence-corrected chi connectivity index (χ0v) is 16.5. The van der Waals surface area contributed by atoms with Crippen molar-refractivity contribution in [3.8, 4) is 0 Å². The van der Waals surface area contributed by atoms with Crippen LogP contribution >= 0.6 is 0 Å². The van der Waals surface area contributed by atoms with Crippen molar-refractivity contribution in [3.05, 3.63) is 24.3 Å². The van der Waals surface area contributed by atoms with Gasteiger partial charge in [-0.05, 0) is 0 Å². The molecule has 7 heteroatoms. The van der Waals surface area contributed by atoms with E-state index < -0.39 is 31.1 Å². The normalized spacial score (nSPS) is 11.6. The molecule has 0 unspecified atom stereocenters. The Hall–Kier alpha value is -1.44. The second-order valence-electron chi connectivity index (χ2n) is 4.95. The molecule has 0 aliphatic heterocycles. The Bertz CT molecular complexity index is 413. The summed E-state index contributed by atoms with van der Waals surface area (Å²) >= 11 is -3.97. The minimum absolute atomic E-state index is 0.482. The van der Waals surface area contributed by atoms with Crippen LogP contribution in [0.15, 0.2) is 24.3 Å². The number of hydrogen-bond acceptors (Lipinski definition) is 6. The summed E-state index contributed by atoms with van der Waals surface area (Å²) in [7, 11) is 0. The maximum absolute atomic E-state index is 11.9. The predicted molar refractivity (Wildman–Crippen MR) is 87.8 cm³/mol. The first-order valence-electron chi connectivity index (χ1n) is 7.73. The molecule has 0 spiro atoms. The molecule has 0 radical (unpaired) electrons. The zero-order chi connectivity index (χ0) is 17.6. The summed E-state index contributed by atoms with van der Waals surface area (Å²) in [6.07, 6.45) is 8.47. The Morgan fingerprint density at radius 1 is 0.826 bits per heavy atom. The van der Waals surface area contributed by atoms with Gasteiger partial charge in [0.25, 0.3) is 0 Å². The molecule has 128 valence electrons. The van der Waals surface area contributed by atoms with Crippen molar-refractivity contribution in [2.75, 3.05) is 0 Å². The van der Waals surface area contributed by atoms with E-state index in [1.165, 1.54) is 0 Å². The molecule has 0 bridgehead atoms. The van der Waals surface area contributed by atoms with Gasteiger partial charge in [-0.2, -0.15) is 0 Å². The van der Waals surface area contributed by atoms with Crippen LogP contribution in [0, 0.1) is 0 Å². The summed E-state index contributed by atoms with van der Waals surface area (Å²) in [6, 6.07) is 0. The summed E-state index contributed by atoms with van der Waals surface area (Å²) in [5.41, 5.74) is 0. The molecule has 0 heterocycles. The number of hydrogen-bond donors (Lipinski definition) is 0. The van der Waals surface area contributed by atoms with Gasteiger partial charge in [-0.25, -0.2) is 0 Å². The molecule has 0 atom stereocenters. The second-order valence-corrected chi connectivity index (χ2v) is 14.2. The summed E-state index contributed by atoms with van der Waals surface area (Å²) in [5.74, 6) is -1.32. The first kappa shape index (κ1) is 21.6. The van der Waals surface area contributed by atoms with E-state index in [1.54, 1.807) is 0 Å². The van der Waals surface area contributed by atoms with Gasteiger partial charge >= 0.3 is 142 Å². The van der Waals surface area contributed by atoms with Crippen LogP contribution in [0.3, 0.4) is 0 Å². The molecule has 0 aromatic carbocycles. The molecule has 0 rings (SSSR count). The van der Waals surface area contributed by atoms with Crippen LogP contribution in [0.1, 0.15) is 39.5 Å². The van der Waals surface area contributed by atoms with Crippen molar-refractivity contribution in [2.45, 2.75) is 48.4 Å². The molecule has 0 fully saturated rings. The number of carbonyl (C=O) groups is 4. The fraction of sp³-hybridized carbons (Fsp3) is 0.500. The third-order valence-electron chi connectivity index (χ3n) is 3.02. The van der Waals surface area contributed by atoms with Crippen LogP contribution in [0.25, 0.3) is 0 Å². The van der Waals surface area contributed by atoms with E-state index in [9.17, 15) is 19.2 Å². The second kappa shape index (κ2) is 13.0. The Kier molecular flexibility index (Phi) is 12.2. The minimum atomic E-state index is -3.97. The summed E-state index contributed by atoms with van der Waals surface area (Å²) in [4.78, 5) is 44.3. The van der Waals surface area contributed by atoms with Gasteiger partial charge in [0.15, 0.2) is 0 Å². The van der Waals surface area contributed by atoms with Crippen molar-refractivity contribution in [1.82, 2.24) is 0 Å². The average Bonchev–Trinajstić information content (AvgIpc) is 2.54. The van der Waals surface area contributed by atoms with Crippen molar-refractivity contribution < 1.29 is 25.3 Å². The van der Waals surface area contributed by atoms with E-state index in [1.807, 2.05) is 13.8 Å². The number of carbonyl (C=O) groups excluding carboxylic acids is 4. The molecular weight excluding hydrogens is 407 g/mol. The van der Waals surface area contributed by atoms with Gasteiger partial charge in [0.05, 0.1) is 0 Å². The SMILES string of the molecule is CCC[CH2][Sn]([CH2]CCC)([O]C(=O)/C=C\C=O)[O]C(=O)/C=C\C=O. The van der Waals surface area contributed by atoms with E-state index >= 15 is 0 Å². The molecule has 0 saturated carbocycles. The van der Waals surface area contributed by atoms with Gasteiger partial charge < -0.3 is 0 Å². The molecular formula is C16H24O6Sn. The van der Waals surface area contributed by atoms with Crippen molar-refractivity contribution in [2.24, 2.45) is 0 Å². The quantitative estimate of drug-likeness (QED) is 0.268. The number of aldehydes is 2. The van der Waals surface area contributed by atoms with E-state index in [4.69, 9.17) is 6.15 Å². The fourth-order valence-corrected chi connectivity index (χ4v) is 11.5. The van der Waals surface area contributed by atoms with Crippen LogP contribution in [0.5, 0.6) is 0 Å². The van der Waals surface area contributed by atoms with Crippen LogP contribution in [-0.2, 0) is 25.3 Å². The van der Waals surface area contributed by atoms with Gasteiger partial charge in [0, 0.05) is 0 Å². The van der Waals surface area contributed by atoms with Gasteiger partial charge in [0.2, 0.25) is 0 Å². The van der Waals surface area contributed by atoms with Crippen molar-refractivity contribution >= 4 is 43.7 Å². The van der Waals surface area contributed by atoms with E-state index in [0.717, 1.165) is 50.0 Å². The third kappa shape index (κ3) is 10.0. The van der Waals surface area contributed by atoms with E-state index in [2.05, 4.69) is 0 Å². The van der Waals surface area contributed by atoms with Gasteiger partial charge in [0.1, 0.15) is 0 Å². The maximum atomic E-state index is 11.9. The van der Waals surface area contributed by atoms with Gasteiger partial charge in [-0.1, -0.05) is 0 Å². The van der Waals surface area contributed by atoms with Crippen LogP contribution in [-0.4, -0.2) is 43.7 Å². The van der Waals surface area contributed by atoms with Crippen LogP contribution < -0.4 is 0 Å². The number of allylic oxidation sites excluding steroid dienone is 2. The molecule has 0 amide bonds. The summed E-state index contributed by atoms with van der Waals surface area (Å²) in [6.45, 7) is 4.00. The first-order valence-corrected chi connectivity index (χ1v) is 14.1. The summed E-state index contributed by atoms with van der Waals surface area (Å²) < 4.78 is 12.2. The van der Waals surface area contributed by atoms with Crippen LogP contribution in [0.4, 0.5) is 0 Å². The monoisotopic (exact) mass is 432 g/mol. The Morgan fingerprint density at radius 3 is 1.52 bits per heavy atom. The fourth-order valence-electron chi connectivity index (χ4n) is 1.91.